The molecule has 2 heterocycles. The van der Waals surface area contributed by atoms with Crippen LogP contribution in [0.3, 0.4) is 0 Å². The van der Waals surface area contributed by atoms with E-state index in [9.17, 15) is 8.42 Å². The van der Waals surface area contributed by atoms with Crippen molar-refractivity contribution in [2.45, 2.75) is 24.6 Å². The van der Waals surface area contributed by atoms with Gasteiger partial charge in [0.05, 0.1) is 11.0 Å². The number of nitrogens with zero attached hydrogens (tertiary/aromatic N) is 2. The van der Waals surface area contributed by atoms with Crippen molar-refractivity contribution >= 4 is 15.8 Å². The number of anilines is 1. The molecule has 1 aliphatic rings. The van der Waals surface area contributed by atoms with Crippen molar-refractivity contribution in [3.05, 3.63) is 12.4 Å². The standard InChI is InChI=1S/C8H13N3O2S/c9-8-10-3-4-11(8)6-7-2-1-5-14(7,12)13/h3-4,7H,1-2,5-6H2,(H2,9,10). The van der Waals surface area contributed by atoms with Gasteiger partial charge in [-0.05, 0) is 12.8 Å². The third-order valence-electron chi connectivity index (χ3n) is 2.61. The first-order valence-electron chi connectivity index (χ1n) is 4.58. The molecule has 5 nitrogen and oxygen atoms in total. The second-order valence-corrected chi connectivity index (χ2v) is 5.97. The smallest absolute Gasteiger partial charge is 0.200 e. The van der Waals surface area contributed by atoms with Gasteiger partial charge in [0.2, 0.25) is 0 Å². The minimum atomic E-state index is -2.88. The maximum atomic E-state index is 11.5. The molecule has 2 rings (SSSR count). The minimum Gasteiger partial charge on any atom is -0.369 e. The van der Waals surface area contributed by atoms with Gasteiger partial charge in [0, 0.05) is 18.9 Å². The van der Waals surface area contributed by atoms with Gasteiger partial charge in [0.25, 0.3) is 0 Å². The van der Waals surface area contributed by atoms with Gasteiger partial charge in [0.15, 0.2) is 15.8 Å². The topological polar surface area (TPSA) is 78.0 Å². The molecule has 1 atom stereocenters. The maximum Gasteiger partial charge on any atom is 0.200 e. The van der Waals surface area contributed by atoms with E-state index in [2.05, 4.69) is 4.98 Å². The highest BCUT2D eigenvalue weighted by Gasteiger charge is 2.31. The van der Waals surface area contributed by atoms with Crippen LogP contribution < -0.4 is 5.73 Å². The quantitative estimate of drug-likeness (QED) is 0.755. The van der Waals surface area contributed by atoms with Crippen LogP contribution in [0.5, 0.6) is 0 Å². The Bertz CT molecular complexity index is 424. The average molecular weight is 215 g/mol. The zero-order valence-corrected chi connectivity index (χ0v) is 8.57. The second kappa shape index (κ2) is 3.27. The van der Waals surface area contributed by atoms with Gasteiger partial charge in [-0.2, -0.15) is 0 Å². The van der Waals surface area contributed by atoms with Crippen molar-refractivity contribution in [1.82, 2.24) is 9.55 Å². The molecule has 1 unspecified atom stereocenters. The summed E-state index contributed by atoms with van der Waals surface area (Å²) in [7, 11) is -2.88. The van der Waals surface area contributed by atoms with E-state index in [1.807, 2.05) is 0 Å². The lowest BCUT2D eigenvalue weighted by Crippen LogP contribution is -2.22. The molecule has 0 aromatic carbocycles. The average Bonchev–Trinajstić information content (AvgIpc) is 2.62. The lowest BCUT2D eigenvalue weighted by atomic mass is 10.2. The van der Waals surface area contributed by atoms with E-state index in [4.69, 9.17) is 5.73 Å². The Hall–Kier alpha value is -1.04. The van der Waals surface area contributed by atoms with Gasteiger partial charge in [-0.1, -0.05) is 0 Å². The third kappa shape index (κ3) is 1.61. The highest BCUT2D eigenvalue weighted by atomic mass is 32.2. The fourth-order valence-corrected chi connectivity index (χ4v) is 3.59. The molecule has 1 aromatic heterocycles. The van der Waals surface area contributed by atoms with E-state index in [-0.39, 0.29) is 5.25 Å². The van der Waals surface area contributed by atoms with Crippen molar-refractivity contribution in [3.8, 4) is 0 Å². The molecule has 1 fully saturated rings. The summed E-state index contributed by atoms with van der Waals surface area (Å²) >= 11 is 0. The minimum absolute atomic E-state index is 0.279. The Labute approximate surface area is 82.9 Å². The number of nitrogens with two attached hydrogens (primary N) is 1. The lowest BCUT2D eigenvalue weighted by Gasteiger charge is -2.10. The third-order valence-corrected chi connectivity index (χ3v) is 4.87. The number of rotatable bonds is 2. The molecule has 14 heavy (non-hydrogen) atoms. The van der Waals surface area contributed by atoms with E-state index < -0.39 is 9.84 Å². The molecule has 6 heteroatoms. The summed E-state index contributed by atoms with van der Waals surface area (Å²) in [6.07, 6.45) is 4.79. The maximum absolute atomic E-state index is 11.5. The highest BCUT2D eigenvalue weighted by Crippen LogP contribution is 2.22. The van der Waals surface area contributed by atoms with Crippen LogP contribution in [0.15, 0.2) is 12.4 Å². The van der Waals surface area contributed by atoms with Crippen LogP contribution in [0.25, 0.3) is 0 Å². The van der Waals surface area contributed by atoms with Gasteiger partial charge in [-0.25, -0.2) is 13.4 Å². The Morgan fingerprint density at radius 3 is 2.93 bits per heavy atom. The predicted molar refractivity (Wildman–Crippen MR) is 53.4 cm³/mol. The van der Waals surface area contributed by atoms with Crippen molar-refractivity contribution in [1.29, 1.82) is 0 Å². The molecule has 0 amide bonds. The van der Waals surface area contributed by atoms with E-state index >= 15 is 0 Å². The second-order valence-electron chi connectivity index (χ2n) is 3.57. The van der Waals surface area contributed by atoms with Crippen LogP contribution >= 0.6 is 0 Å². The summed E-state index contributed by atoms with van der Waals surface area (Å²) in [5, 5.41) is -0.279. The Morgan fingerprint density at radius 2 is 2.43 bits per heavy atom. The van der Waals surface area contributed by atoms with Crippen LogP contribution in [0.4, 0.5) is 5.95 Å². The first-order chi connectivity index (χ1) is 6.59. The van der Waals surface area contributed by atoms with E-state index in [1.165, 1.54) is 0 Å². The molecule has 2 N–H and O–H groups in total. The van der Waals surface area contributed by atoms with Gasteiger partial charge in [-0.15, -0.1) is 0 Å². The van der Waals surface area contributed by atoms with Crippen LogP contribution in [0.1, 0.15) is 12.8 Å². The molecule has 1 aliphatic heterocycles. The fourth-order valence-electron chi connectivity index (χ4n) is 1.78. The monoisotopic (exact) mass is 215 g/mol. The fraction of sp³-hybridized carbons (Fsp3) is 0.625. The van der Waals surface area contributed by atoms with E-state index in [0.717, 1.165) is 12.8 Å². The zero-order valence-electron chi connectivity index (χ0n) is 7.76. The molecule has 1 saturated heterocycles. The SMILES string of the molecule is Nc1nccn1CC1CCCS1(=O)=O. The van der Waals surface area contributed by atoms with Crippen LogP contribution in [0.2, 0.25) is 0 Å². The number of imidazole rings is 1. The molecular weight excluding hydrogens is 202 g/mol. The molecule has 0 bridgehead atoms. The summed E-state index contributed by atoms with van der Waals surface area (Å²) in [5.41, 5.74) is 5.56. The van der Waals surface area contributed by atoms with E-state index in [1.54, 1.807) is 17.0 Å². The molecule has 78 valence electrons. The summed E-state index contributed by atoms with van der Waals surface area (Å²) < 4.78 is 24.7. The molecular formula is C8H13N3O2S. The first-order valence-corrected chi connectivity index (χ1v) is 6.29. The number of nitrogen functional groups attached to an aromatic ring is 1. The summed E-state index contributed by atoms with van der Waals surface area (Å²) in [5.74, 6) is 0.693. The summed E-state index contributed by atoms with van der Waals surface area (Å²) in [6, 6.07) is 0. The van der Waals surface area contributed by atoms with E-state index in [0.29, 0.717) is 18.2 Å². The Morgan fingerprint density at radius 1 is 1.64 bits per heavy atom. The van der Waals surface area contributed by atoms with Crippen molar-refractivity contribution < 1.29 is 8.42 Å². The lowest BCUT2D eigenvalue weighted by molar-refractivity contribution is 0.568. The number of sulfone groups is 1. The Kier molecular flexibility index (Phi) is 2.22. The number of hydrogen-bond donors (Lipinski definition) is 1. The zero-order chi connectivity index (χ0) is 10.2. The van der Waals surface area contributed by atoms with Crippen molar-refractivity contribution in [2.75, 3.05) is 11.5 Å². The van der Waals surface area contributed by atoms with Crippen LogP contribution in [-0.4, -0.2) is 29.0 Å². The molecule has 0 aliphatic carbocycles. The van der Waals surface area contributed by atoms with Crippen molar-refractivity contribution in [3.63, 3.8) is 0 Å². The summed E-state index contributed by atoms with van der Waals surface area (Å²) in [6.45, 7) is 0.439. The molecule has 0 saturated carbocycles. The van der Waals surface area contributed by atoms with Crippen LogP contribution in [-0.2, 0) is 16.4 Å². The van der Waals surface area contributed by atoms with Gasteiger partial charge in [-0.3, -0.25) is 0 Å². The Balaban J connectivity index is 2.16. The largest absolute Gasteiger partial charge is 0.369 e. The molecule has 1 aromatic rings. The molecule has 0 radical (unpaired) electrons. The molecule has 0 spiro atoms. The van der Waals surface area contributed by atoms with Crippen molar-refractivity contribution in [2.24, 2.45) is 0 Å². The number of hydrogen-bond acceptors (Lipinski definition) is 4. The number of aromatic nitrogens is 2. The van der Waals surface area contributed by atoms with Gasteiger partial charge in [0.1, 0.15) is 0 Å². The predicted octanol–water partition coefficient (Wildman–Crippen LogP) is 0.0425. The van der Waals surface area contributed by atoms with Gasteiger partial charge >= 0.3 is 0 Å². The normalized spacial score (nSPS) is 25.3. The first kappa shape index (κ1) is 9.51. The van der Waals surface area contributed by atoms with Gasteiger partial charge < -0.3 is 10.3 Å². The summed E-state index contributed by atoms with van der Waals surface area (Å²) in [4.78, 5) is 3.85. The highest BCUT2D eigenvalue weighted by molar-refractivity contribution is 7.92. The van der Waals surface area contributed by atoms with Crippen LogP contribution in [0, 0.1) is 0 Å².